The smallest absolute Gasteiger partial charge is 0.144 e. The maximum Gasteiger partial charge on any atom is 0.144 e. The molecule has 0 aromatic carbocycles. The summed E-state index contributed by atoms with van der Waals surface area (Å²) in [5, 5.41) is 0. The van der Waals surface area contributed by atoms with Crippen LogP contribution in [0.15, 0.2) is 4.40 Å². The summed E-state index contributed by atoms with van der Waals surface area (Å²) in [4.78, 5) is 0. The van der Waals surface area contributed by atoms with Gasteiger partial charge in [-0.1, -0.05) is 8.93 Å². The van der Waals surface area contributed by atoms with Gasteiger partial charge in [0.2, 0.25) is 0 Å². The lowest BCUT2D eigenvalue weighted by Crippen LogP contribution is -2.28. The van der Waals surface area contributed by atoms with Crippen molar-refractivity contribution in [2.24, 2.45) is 4.40 Å². The van der Waals surface area contributed by atoms with Gasteiger partial charge in [-0.25, -0.2) is 4.21 Å². The summed E-state index contributed by atoms with van der Waals surface area (Å²) in [6.07, 6.45) is 1.95. The molecule has 1 heterocycles. The Morgan fingerprint density at radius 2 is 1.93 bits per heavy atom. The normalized spacial score (nSPS) is 22.3. The van der Waals surface area contributed by atoms with E-state index in [-0.39, 0.29) is 4.75 Å². The SMILES string of the molecule is CC(C)(C)S(=O)N=C1CCN(PP)CC1. The number of hydrogen-bond acceptors (Lipinski definition) is 2. The minimum Gasteiger partial charge on any atom is -0.281 e. The summed E-state index contributed by atoms with van der Waals surface area (Å²) in [6.45, 7) is 8.01. The lowest BCUT2D eigenvalue weighted by molar-refractivity contribution is 0.467. The summed E-state index contributed by atoms with van der Waals surface area (Å²) in [5.74, 6) is 0. The lowest BCUT2D eigenvalue weighted by atomic mass is 10.1. The fourth-order valence-corrected chi connectivity index (χ4v) is 3.19. The van der Waals surface area contributed by atoms with Crippen molar-refractivity contribution in [3.63, 3.8) is 0 Å². The molecule has 3 nitrogen and oxygen atoms in total. The van der Waals surface area contributed by atoms with Gasteiger partial charge in [-0.3, -0.25) is 4.67 Å². The highest BCUT2D eigenvalue weighted by atomic mass is 32.2. The molecule has 0 radical (unpaired) electrons. The monoisotopic (exact) mass is 266 g/mol. The number of hydrogen-bond donors (Lipinski definition) is 0. The Labute approximate surface area is 99.0 Å². The zero-order valence-corrected chi connectivity index (χ0v) is 12.6. The van der Waals surface area contributed by atoms with Crippen molar-refractivity contribution in [2.45, 2.75) is 38.4 Å². The van der Waals surface area contributed by atoms with Crippen LogP contribution in [0.4, 0.5) is 0 Å². The molecule has 1 fully saturated rings. The van der Waals surface area contributed by atoms with Gasteiger partial charge in [0.25, 0.3) is 0 Å². The molecular weight excluding hydrogens is 246 g/mol. The van der Waals surface area contributed by atoms with E-state index in [1.54, 1.807) is 0 Å². The molecule has 6 heteroatoms. The van der Waals surface area contributed by atoms with Gasteiger partial charge in [0, 0.05) is 18.8 Å². The minimum absolute atomic E-state index is 0.230. The van der Waals surface area contributed by atoms with Crippen LogP contribution in [-0.2, 0) is 11.0 Å². The van der Waals surface area contributed by atoms with Gasteiger partial charge in [-0.2, -0.15) is 4.40 Å². The number of nitrogens with zero attached hydrogens (tertiary/aromatic N) is 2. The third-order valence-corrected chi connectivity index (χ3v) is 5.64. The third-order valence-electron chi connectivity index (χ3n) is 2.26. The summed E-state index contributed by atoms with van der Waals surface area (Å²) in [5.41, 5.74) is 1.13. The van der Waals surface area contributed by atoms with E-state index in [4.69, 9.17) is 0 Å². The number of rotatable bonds is 2. The fourth-order valence-electron chi connectivity index (χ4n) is 1.24. The van der Waals surface area contributed by atoms with E-state index in [0.29, 0.717) is 0 Å². The molecule has 0 aliphatic carbocycles. The lowest BCUT2D eigenvalue weighted by Gasteiger charge is -2.26. The molecule has 1 rings (SSSR count). The van der Waals surface area contributed by atoms with E-state index in [1.807, 2.05) is 20.8 Å². The Morgan fingerprint density at radius 1 is 1.40 bits per heavy atom. The van der Waals surface area contributed by atoms with Crippen LogP contribution < -0.4 is 0 Å². The predicted molar refractivity (Wildman–Crippen MR) is 74.2 cm³/mol. The average molecular weight is 266 g/mol. The Balaban J connectivity index is 2.53. The van der Waals surface area contributed by atoms with Crippen molar-refractivity contribution in [1.29, 1.82) is 0 Å². The van der Waals surface area contributed by atoms with E-state index < -0.39 is 11.0 Å². The first-order chi connectivity index (χ1) is 6.93. The zero-order chi connectivity index (χ0) is 11.5. The first kappa shape index (κ1) is 13.7. The highest BCUT2D eigenvalue weighted by Gasteiger charge is 2.21. The van der Waals surface area contributed by atoms with Gasteiger partial charge in [0.1, 0.15) is 11.0 Å². The van der Waals surface area contributed by atoms with Gasteiger partial charge >= 0.3 is 0 Å². The largest absolute Gasteiger partial charge is 0.281 e. The predicted octanol–water partition coefficient (Wildman–Crippen LogP) is 2.37. The highest BCUT2D eigenvalue weighted by molar-refractivity contribution is 8.01. The molecule has 3 atom stereocenters. The molecule has 0 aromatic rings. The zero-order valence-electron chi connectivity index (χ0n) is 9.62. The van der Waals surface area contributed by atoms with Crippen LogP contribution in [0.3, 0.4) is 0 Å². The second kappa shape index (κ2) is 5.82. The van der Waals surface area contributed by atoms with E-state index >= 15 is 0 Å². The average Bonchev–Trinajstić information content (AvgIpc) is 2.17. The standard InChI is InChI=1S/C9H20N2OP2S/c1-9(2,3)15(12)10-8-4-6-11(14-13)7-5-8/h14H,4-7,13H2,1-3H3. The molecule has 0 amide bonds. The summed E-state index contributed by atoms with van der Waals surface area (Å²) in [7, 11) is 2.48. The van der Waals surface area contributed by atoms with Gasteiger partial charge in [-0.15, -0.1) is 0 Å². The number of piperidine rings is 1. The Kier molecular flexibility index (Phi) is 5.31. The quantitative estimate of drug-likeness (QED) is 0.719. The van der Waals surface area contributed by atoms with E-state index in [9.17, 15) is 4.21 Å². The third kappa shape index (κ3) is 4.56. The van der Waals surface area contributed by atoms with Crippen molar-refractivity contribution in [3.8, 4) is 0 Å². The molecule has 15 heavy (non-hydrogen) atoms. The Bertz CT molecular complexity index is 266. The second-order valence-electron chi connectivity index (χ2n) is 4.64. The van der Waals surface area contributed by atoms with Crippen LogP contribution in [0.2, 0.25) is 0 Å². The van der Waals surface area contributed by atoms with E-state index in [1.165, 1.54) is 0 Å². The molecule has 1 aliphatic rings. The van der Waals surface area contributed by atoms with Gasteiger partial charge in [0.15, 0.2) is 0 Å². The molecule has 0 bridgehead atoms. The molecular formula is C9H20N2OP2S. The van der Waals surface area contributed by atoms with Crippen molar-refractivity contribution in [2.75, 3.05) is 13.1 Å². The van der Waals surface area contributed by atoms with Crippen LogP contribution >= 0.6 is 17.3 Å². The summed E-state index contributed by atoms with van der Waals surface area (Å²) in [6, 6.07) is 0. The van der Waals surface area contributed by atoms with Crippen molar-refractivity contribution < 1.29 is 4.21 Å². The van der Waals surface area contributed by atoms with Gasteiger partial charge in [0.05, 0.1) is 4.75 Å². The summed E-state index contributed by atoms with van der Waals surface area (Å²) >= 11 is 0. The van der Waals surface area contributed by atoms with Gasteiger partial charge in [-0.05, 0) is 42.0 Å². The van der Waals surface area contributed by atoms with Gasteiger partial charge < -0.3 is 0 Å². The first-order valence-corrected chi connectivity index (χ1v) is 8.99. The van der Waals surface area contributed by atoms with Crippen molar-refractivity contribution >= 4 is 34.0 Å². The molecule has 88 valence electrons. The topological polar surface area (TPSA) is 32.7 Å². The van der Waals surface area contributed by atoms with Crippen LogP contribution in [0, 0.1) is 0 Å². The molecule has 1 aliphatic heterocycles. The summed E-state index contributed by atoms with van der Waals surface area (Å²) < 4.78 is 18.3. The minimum atomic E-state index is -1.08. The van der Waals surface area contributed by atoms with Crippen LogP contribution in [-0.4, -0.2) is 32.4 Å². The van der Waals surface area contributed by atoms with Crippen LogP contribution in [0.25, 0.3) is 0 Å². The van der Waals surface area contributed by atoms with E-state index in [0.717, 1.165) is 40.1 Å². The second-order valence-corrected chi connectivity index (χ2v) is 8.21. The fraction of sp³-hybridized carbons (Fsp3) is 0.889. The van der Waals surface area contributed by atoms with Crippen molar-refractivity contribution in [3.05, 3.63) is 0 Å². The van der Waals surface area contributed by atoms with Crippen LogP contribution in [0.1, 0.15) is 33.6 Å². The van der Waals surface area contributed by atoms with E-state index in [2.05, 4.69) is 18.0 Å². The molecule has 0 saturated carbocycles. The molecule has 1 saturated heterocycles. The molecule has 0 N–H and O–H groups in total. The maximum atomic E-state index is 11.8. The highest BCUT2D eigenvalue weighted by Crippen LogP contribution is 2.29. The van der Waals surface area contributed by atoms with Crippen molar-refractivity contribution in [1.82, 2.24) is 4.67 Å². The molecule has 0 spiro atoms. The molecule has 0 aromatic heterocycles. The Hall–Kier alpha value is 0.640. The first-order valence-electron chi connectivity index (χ1n) is 5.13. The Morgan fingerprint density at radius 3 is 2.33 bits per heavy atom. The van der Waals surface area contributed by atoms with Crippen LogP contribution in [0.5, 0.6) is 0 Å². The molecule has 3 unspecified atom stereocenters. The maximum absolute atomic E-state index is 11.8.